The highest BCUT2D eigenvalue weighted by atomic mass is 19.3. The highest BCUT2D eigenvalue weighted by Gasteiger charge is 2.30. The zero-order valence-electron chi connectivity index (χ0n) is 21.4. The van der Waals surface area contributed by atoms with Crippen molar-refractivity contribution in [2.24, 2.45) is 4.99 Å². The lowest BCUT2D eigenvalue weighted by atomic mass is 10.1. The van der Waals surface area contributed by atoms with Crippen molar-refractivity contribution in [1.29, 1.82) is 0 Å². The molecule has 0 N–H and O–H groups in total. The fraction of sp³-hybridized carbons (Fsp3) is 0.462. The number of anilines is 1. The number of hydrogen-bond donors (Lipinski definition) is 0. The molecule has 0 unspecified atom stereocenters. The molecule has 1 amide bonds. The number of halogens is 4. The summed E-state index contributed by atoms with van der Waals surface area (Å²) in [7, 11) is 0. The van der Waals surface area contributed by atoms with Gasteiger partial charge in [0.15, 0.2) is 17.4 Å². The van der Waals surface area contributed by atoms with Crippen molar-refractivity contribution in [2.75, 3.05) is 24.5 Å². The van der Waals surface area contributed by atoms with Gasteiger partial charge < -0.3 is 19.3 Å². The zero-order chi connectivity index (χ0) is 27.4. The highest BCUT2D eigenvalue weighted by Crippen LogP contribution is 2.33. The van der Waals surface area contributed by atoms with Crippen LogP contribution in [-0.4, -0.2) is 59.3 Å². The number of aromatic nitrogens is 2. The number of allylic oxidation sites excluding steroid dienone is 1. The fourth-order valence-electron chi connectivity index (χ4n) is 4.54. The number of carbonyl (C=O) groups excluding carboxylic acids is 1. The number of nitrogens with zero attached hydrogens (tertiary/aromatic N) is 5. The molecule has 2 aliphatic heterocycles. The molecular formula is C26H29F4N5O3. The van der Waals surface area contributed by atoms with Gasteiger partial charge in [-0.25, -0.2) is 18.7 Å². The molecule has 0 spiro atoms. The molecule has 0 bridgehead atoms. The summed E-state index contributed by atoms with van der Waals surface area (Å²) in [6.07, 6.45) is 2.67. The second kappa shape index (κ2) is 11.8. The molecule has 1 fully saturated rings. The van der Waals surface area contributed by atoms with Crippen LogP contribution < -0.4 is 9.64 Å². The van der Waals surface area contributed by atoms with Crippen LogP contribution in [0.15, 0.2) is 29.0 Å². The van der Waals surface area contributed by atoms with Crippen LogP contribution in [0.3, 0.4) is 0 Å². The van der Waals surface area contributed by atoms with E-state index in [9.17, 15) is 22.4 Å². The van der Waals surface area contributed by atoms with E-state index in [1.165, 1.54) is 26.1 Å². The summed E-state index contributed by atoms with van der Waals surface area (Å²) in [6, 6.07) is 3.18. The third kappa shape index (κ3) is 6.22. The van der Waals surface area contributed by atoms with Crippen molar-refractivity contribution in [3.8, 4) is 5.75 Å². The maximum atomic E-state index is 14.1. The number of amides is 1. The van der Waals surface area contributed by atoms with Crippen LogP contribution in [0.4, 0.5) is 23.4 Å². The van der Waals surface area contributed by atoms with Crippen LogP contribution in [0, 0.1) is 11.6 Å². The first kappa shape index (κ1) is 27.3. The van der Waals surface area contributed by atoms with Crippen LogP contribution in [0.1, 0.15) is 50.7 Å². The molecule has 0 saturated carbocycles. The van der Waals surface area contributed by atoms with Gasteiger partial charge in [-0.2, -0.15) is 8.78 Å². The second-order valence-corrected chi connectivity index (χ2v) is 9.03. The smallest absolute Gasteiger partial charge is 0.387 e. The van der Waals surface area contributed by atoms with E-state index in [4.69, 9.17) is 14.7 Å². The molecule has 0 aliphatic carbocycles. The van der Waals surface area contributed by atoms with Gasteiger partial charge in [0.25, 0.3) is 0 Å². The van der Waals surface area contributed by atoms with E-state index < -0.39 is 18.2 Å². The Balaban J connectivity index is 1.65. The molecule has 0 atom stereocenters. The number of hydrogen-bond acceptors (Lipinski definition) is 7. The lowest BCUT2D eigenvalue weighted by molar-refractivity contribution is -0.129. The first-order chi connectivity index (χ1) is 18.2. The molecule has 2 aliphatic rings. The van der Waals surface area contributed by atoms with Gasteiger partial charge in [-0.1, -0.05) is 0 Å². The lowest BCUT2D eigenvalue weighted by Gasteiger charge is -2.35. The first-order valence-corrected chi connectivity index (χ1v) is 12.3. The van der Waals surface area contributed by atoms with Crippen LogP contribution in [-0.2, 0) is 22.5 Å². The van der Waals surface area contributed by atoms with E-state index in [0.29, 0.717) is 50.4 Å². The minimum absolute atomic E-state index is 0.0172. The average Bonchev–Trinajstić information content (AvgIpc) is 2.88. The van der Waals surface area contributed by atoms with Gasteiger partial charge in [0, 0.05) is 58.1 Å². The molecule has 0 radical (unpaired) electrons. The summed E-state index contributed by atoms with van der Waals surface area (Å²) in [5, 5.41) is 0. The van der Waals surface area contributed by atoms with Crippen LogP contribution in [0.5, 0.6) is 5.75 Å². The molecule has 8 nitrogen and oxygen atoms in total. The van der Waals surface area contributed by atoms with Crippen LogP contribution >= 0.6 is 0 Å². The number of fused-ring (bicyclic) bond motifs is 1. The minimum atomic E-state index is -3.04. The van der Waals surface area contributed by atoms with Gasteiger partial charge in [-0.15, -0.1) is 0 Å². The second-order valence-electron chi connectivity index (χ2n) is 9.03. The predicted octanol–water partition coefficient (Wildman–Crippen LogP) is 4.73. The Hall–Kier alpha value is -3.70. The van der Waals surface area contributed by atoms with E-state index in [-0.39, 0.29) is 41.5 Å². The van der Waals surface area contributed by atoms with Crippen molar-refractivity contribution in [1.82, 2.24) is 14.9 Å². The topological polar surface area (TPSA) is 80.2 Å². The Labute approximate surface area is 218 Å². The molecular weight excluding hydrogens is 506 g/mol. The number of ether oxygens (including phenoxy) is 2. The average molecular weight is 536 g/mol. The van der Waals surface area contributed by atoms with Gasteiger partial charge in [-0.3, -0.25) is 9.79 Å². The van der Waals surface area contributed by atoms with E-state index >= 15 is 0 Å². The Morgan fingerprint density at radius 2 is 1.87 bits per heavy atom. The summed E-state index contributed by atoms with van der Waals surface area (Å²) in [4.78, 5) is 29.5. The molecule has 12 heteroatoms. The summed E-state index contributed by atoms with van der Waals surface area (Å²) >= 11 is 0. The van der Waals surface area contributed by atoms with Crippen molar-refractivity contribution < 1.29 is 31.8 Å². The molecule has 1 saturated heterocycles. The predicted molar refractivity (Wildman–Crippen MR) is 133 cm³/mol. The molecule has 2 aromatic rings. The number of carbonyl (C=O) groups is 1. The van der Waals surface area contributed by atoms with Crippen LogP contribution in [0.2, 0.25) is 0 Å². The first-order valence-electron chi connectivity index (χ1n) is 12.3. The number of piperidine rings is 1. The van der Waals surface area contributed by atoms with E-state index in [0.717, 1.165) is 17.8 Å². The number of alkyl halides is 2. The molecule has 3 heterocycles. The molecule has 204 valence electrons. The minimum Gasteiger partial charge on any atom is -0.487 e. The monoisotopic (exact) mass is 535 g/mol. The molecule has 4 rings (SSSR count). The maximum Gasteiger partial charge on any atom is 0.387 e. The Kier molecular flexibility index (Phi) is 8.48. The Morgan fingerprint density at radius 1 is 1.13 bits per heavy atom. The van der Waals surface area contributed by atoms with Gasteiger partial charge in [0.2, 0.25) is 5.91 Å². The van der Waals surface area contributed by atoms with E-state index in [1.54, 1.807) is 11.8 Å². The third-order valence-electron chi connectivity index (χ3n) is 6.45. The number of aliphatic imine (C=N–C) groups is 1. The number of rotatable bonds is 7. The fourth-order valence-corrected chi connectivity index (χ4v) is 4.54. The summed E-state index contributed by atoms with van der Waals surface area (Å²) in [5.41, 5.74) is 1.68. The molecule has 38 heavy (non-hydrogen) atoms. The highest BCUT2D eigenvalue weighted by molar-refractivity contribution is 5.78. The Bertz CT molecular complexity index is 1250. The van der Waals surface area contributed by atoms with Crippen molar-refractivity contribution in [3.63, 3.8) is 0 Å². The van der Waals surface area contributed by atoms with Crippen molar-refractivity contribution in [3.05, 3.63) is 52.7 Å². The lowest BCUT2D eigenvalue weighted by Crippen LogP contribution is -2.40. The largest absolute Gasteiger partial charge is 0.487 e. The number of benzene rings is 1. The zero-order valence-corrected chi connectivity index (χ0v) is 21.4. The van der Waals surface area contributed by atoms with E-state index in [2.05, 4.69) is 9.73 Å². The van der Waals surface area contributed by atoms with Crippen LogP contribution in [0.25, 0.3) is 5.70 Å². The quantitative estimate of drug-likeness (QED) is 0.290. The van der Waals surface area contributed by atoms with Crippen molar-refractivity contribution >= 4 is 23.6 Å². The van der Waals surface area contributed by atoms with Crippen molar-refractivity contribution in [2.45, 2.75) is 59.3 Å². The standard InChI is InChI=1S/C26H29F4N5O3/c1-4-31-23(15(2)37-26(29)30)24-25(33-20-9-12-35(16(3)36)14-21(20)32-24)34-10-7-18(8-11-34)38-22-6-5-17(27)13-19(22)28/h4-6,13,18,26H,7-12,14H2,1-3H3/b23-15+,31-4-. The van der Waals surface area contributed by atoms with Gasteiger partial charge in [0.1, 0.15) is 29.1 Å². The van der Waals surface area contributed by atoms with E-state index in [1.807, 2.05) is 4.90 Å². The SMILES string of the molecule is C/C=N\C(=C(/C)OC(F)F)c1nc2c(nc1N1CCC(Oc3ccc(F)cc3F)CC1)CCN(C(C)=O)C2. The third-order valence-corrected chi connectivity index (χ3v) is 6.45. The molecule has 1 aromatic heterocycles. The summed E-state index contributed by atoms with van der Waals surface area (Å²) < 4.78 is 63.9. The van der Waals surface area contributed by atoms with Gasteiger partial charge in [0.05, 0.1) is 17.9 Å². The molecule has 1 aromatic carbocycles. The van der Waals surface area contributed by atoms with Gasteiger partial charge >= 0.3 is 6.61 Å². The van der Waals surface area contributed by atoms with Gasteiger partial charge in [-0.05, 0) is 26.0 Å². The Morgan fingerprint density at radius 3 is 2.50 bits per heavy atom. The normalized spacial score (nSPS) is 17.1. The summed E-state index contributed by atoms with van der Waals surface area (Å²) in [5.74, 6) is -1.21. The maximum absolute atomic E-state index is 14.1. The summed E-state index contributed by atoms with van der Waals surface area (Å²) in [6.45, 7) is 3.15.